The number of para-hydroxylation sites is 2. The zero-order valence-corrected chi connectivity index (χ0v) is 45.7. The molecule has 0 aliphatic carbocycles. The Morgan fingerprint density at radius 1 is 0.704 bits per heavy atom. The van der Waals surface area contributed by atoms with E-state index < -0.39 is 41.6 Å². The monoisotopic (exact) mass is 1100 g/mol. The van der Waals surface area contributed by atoms with Gasteiger partial charge in [-0.25, -0.2) is 0 Å². The highest BCUT2D eigenvalue weighted by molar-refractivity contribution is 6.14. The summed E-state index contributed by atoms with van der Waals surface area (Å²) >= 11 is 0. The van der Waals surface area contributed by atoms with Crippen molar-refractivity contribution in [3.63, 3.8) is 0 Å². The molecule has 0 fully saturated rings. The Hall–Kier alpha value is -9.40. The topological polar surface area (TPSA) is 269 Å². The zero-order valence-electron chi connectivity index (χ0n) is 45.7. The number of carbonyl (C=O) groups is 8. The second-order valence-corrected chi connectivity index (χ2v) is 20.4. The van der Waals surface area contributed by atoms with Gasteiger partial charge in [0.05, 0.1) is 37.1 Å². The van der Waals surface area contributed by atoms with Crippen molar-refractivity contribution in [2.75, 3.05) is 60.0 Å². The summed E-state index contributed by atoms with van der Waals surface area (Å²) in [6.45, 7) is 5.55. The minimum atomic E-state index is -1.07. The second-order valence-electron chi connectivity index (χ2n) is 20.4. The molecule has 0 aromatic heterocycles. The molecular formula is C60H65N9O12. The molecule has 5 aromatic rings. The summed E-state index contributed by atoms with van der Waals surface area (Å²) in [5, 5.41) is 14.3. The molecule has 0 saturated carbocycles. The van der Waals surface area contributed by atoms with Crippen LogP contribution in [0, 0.1) is 0 Å². The van der Waals surface area contributed by atoms with Gasteiger partial charge in [-0.15, -0.1) is 0 Å². The molecule has 8 amide bonds. The molecule has 4 aliphatic heterocycles. The van der Waals surface area contributed by atoms with Crippen molar-refractivity contribution in [1.82, 2.24) is 20.9 Å². The van der Waals surface area contributed by atoms with Gasteiger partial charge in [-0.1, -0.05) is 36.4 Å². The summed E-state index contributed by atoms with van der Waals surface area (Å²) in [5.74, 6) is -1.97. The van der Waals surface area contributed by atoms with Crippen LogP contribution in [0.5, 0.6) is 23.0 Å². The van der Waals surface area contributed by atoms with Gasteiger partial charge in [0.25, 0.3) is 23.6 Å². The Morgan fingerprint density at radius 2 is 1.31 bits per heavy atom. The Kier molecular flexibility index (Phi) is 17.2. The van der Waals surface area contributed by atoms with Gasteiger partial charge in [-0.2, -0.15) is 0 Å². The highest BCUT2D eigenvalue weighted by atomic mass is 16.5. The van der Waals surface area contributed by atoms with Gasteiger partial charge in [0.1, 0.15) is 25.3 Å². The van der Waals surface area contributed by atoms with Crippen molar-refractivity contribution >= 4 is 75.7 Å². The van der Waals surface area contributed by atoms with Crippen LogP contribution in [-0.2, 0) is 54.8 Å². The first-order valence-electron chi connectivity index (χ1n) is 26.9. The maximum Gasteiger partial charge on any atom is 0.260 e. The lowest BCUT2D eigenvalue weighted by molar-refractivity contribution is -0.137. The van der Waals surface area contributed by atoms with Crippen molar-refractivity contribution < 1.29 is 57.3 Å². The number of rotatable bonds is 22. The molecule has 9 rings (SSSR count). The van der Waals surface area contributed by atoms with Crippen LogP contribution in [0.4, 0.5) is 28.4 Å². The van der Waals surface area contributed by atoms with E-state index in [1.54, 1.807) is 41.3 Å². The number of nitrogen functional groups attached to an aromatic ring is 1. The lowest BCUT2D eigenvalue weighted by Gasteiger charge is -2.24. The standard InChI is InChI=1S/C60H65N9O12/c1-34-22-39-12-6-8-14-47(39)68(34)59(76)43-27-49(78-4)51(29-45(43)61)80-32-37-23-38(33-81-52-30-46-44(28-50(52)79-5)60(77)69-42(31-63-46)26-40-13-7-9-15-48(40)69)25-41(24-37)66-58(75)36(3)65-57(74)35(2)64-54(71)17-11-10-16-53(70)62-20-21-67-55(72)18-19-56(67)73/h6-9,12-15,18-19,23-25,27-30,34-36,42,63H,10-11,16-17,20-22,26,31-33,61H2,1-5H3,(H,62,70)(H,64,71)(H,65,74)(H,66,75)/t34-,35+,36+,42+/m1/s1. The molecule has 422 valence electrons. The van der Waals surface area contributed by atoms with Crippen LogP contribution < -0.4 is 61.1 Å². The number of fused-ring (bicyclic) bond motifs is 5. The predicted molar refractivity (Wildman–Crippen MR) is 302 cm³/mol. The molecule has 4 heterocycles. The van der Waals surface area contributed by atoms with E-state index in [0.717, 1.165) is 27.4 Å². The molecule has 0 bridgehead atoms. The lowest BCUT2D eigenvalue weighted by atomic mass is 10.1. The van der Waals surface area contributed by atoms with Gasteiger partial charge in [-0.3, -0.25) is 43.3 Å². The van der Waals surface area contributed by atoms with E-state index in [2.05, 4.69) is 26.6 Å². The molecule has 4 atom stereocenters. The van der Waals surface area contributed by atoms with Crippen LogP contribution in [0.1, 0.15) is 89.4 Å². The van der Waals surface area contributed by atoms with E-state index in [0.29, 0.717) is 71.8 Å². The van der Waals surface area contributed by atoms with Crippen LogP contribution in [0.15, 0.2) is 103 Å². The minimum absolute atomic E-state index is 0.0347. The molecule has 0 unspecified atom stereocenters. The molecule has 0 radical (unpaired) electrons. The quantitative estimate of drug-likeness (QED) is 0.0281. The Balaban J connectivity index is 0.858. The fourth-order valence-electron chi connectivity index (χ4n) is 10.4. The van der Waals surface area contributed by atoms with Crippen LogP contribution >= 0.6 is 0 Å². The summed E-state index contributed by atoms with van der Waals surface area (Å²) in [6.07, 6.45) is 4.67. The number of amides is 8. The molecule has 5 aromatic carbocycles. The minimum Gasteiger partial charge on any atom is -0.493 e. The average Bonchev–Trinajstić information content (AvgIpc) is 4.11. The van der Waals surface area contributed by atoms with E-state index in [4.69, 9.17) is 24.7 Å². The van der Waals surface area contributed by atoms with E-state index in [1.807, 2.05) is 66.4 Å². The summed E-state index contributed by atoms with van der Waals surface area (Å²) in [5.41, 5.74) is 13.4. The summed E-state index contributed by atoms with van der Waals surface area (Å²) in [7, 11) is 2.96. The third-order valence-electron chi connectivity index (χ3n) is 14.6. The first-order valence-corrected chi connectivity index (χ1v) is 26.9. The maximum absolute atomic E-state index is 14.1. The molecule has 21 heteroatoms. The van der Waals surface area contributed by atoms with Crippen molar-refractivity contribution in [3.05, 3.63) is 137 Å². The Bertz CT molecular complexity index is 3330. The summed E-state index contributed by atoms with van der Waals surface area (Å²) < 4.78 is 24.3. The number of methoxy groups -OCH3 is 2. The van der Waals surface area contributed by atoms with Crippen molar-refractivity contribution in [2.24, 2.45) is 0 Å². The molecule has 21 nitrogen and oxygen atoms in total. The molecule has 81 heavy (non-hydrogen) atoms. The van der Waals surface area contributed by atoms with Gasteiger partial charge in [-0.05, 0) is 111 Å². The zero-order chi connectivity index (χ0) is 57.5. The van der Waals surface area contributed by atoms with Gasteiger partial charge in [0, 0.05) is 85.6 Å². The van der Waals surface area contributed by atoms with E-state index in [9.17, 15) is 38.4 Å². The van der Waals surface area contributed by atoms with Crippen LogP contribution in [0.3, 0.4) is 0 Å². The van der Waals surface area contributed by atoms with E-state index in [-0.39, 0.29) is 91.7 Å². The van der Waals surface area contributed by atoms with E-state index >= 15 is 0 Å². The largest absolute Gasteiger partial charge is 0.493 e. The lowest BCUT2D eigenvalue weighted by Crippen LogP contribution is -2.50. The number of benzene rings is 5. The van der Waals surface area contributed by atoms with Crippen LogP contribution in [-0.4, -0.2) is 110 Å². The fraction of sp³-hybridized carbons (Fsp3) is 0.333. The number of nitrogens with two attached hydrogens (primary N) is 1. The number of unbranched alkanes of at least 4 members (excludes halogenated alkanes) is 1. The van der Waals surface area contributed by atoms with Crippen LogP contribution in [0.25, 0.3) is 0 Å². The van der Waals surface area contributed by atoms with Gasteiger partial charge in [0.15, 0.2) is 23.0 Å². The highest BCUT2D eigenvalue weighted by Crippen LogP contribution is 2.42. The predicted octanol–water partition coefficient (Wildman–Crippen LogP) is 5.58. The number of nitrogens with one attached hydrogen (secondary N) is 5. The van der Waals surface area contributed by atoms with Gasteiger partial charge >= 0.3 is 0 Å². The van der Waals surface area contributed by atoms with Crippen molar-refractivity contribution in [3.8, 4) is 23.0 Å². The van der Waals surface area contributed by atoms with E-state index in [1.165, 1.54) is 40.2 Å². The normalized spacial score (nSPS) is 16.5. The number of hydrogen-bond acceptors (Lipinski definition) is 14. The molecule has 0 saturated heterocycles. The number of ether oxygens (including phenoxy) is 4. The smallest absolute Gasteiger partial charge is 0.260 e. The SMILES string of the molecule is COc1cc(C(=O)N2c3ccccc3C[C@H]2C)c(N)cc1OCc1cc(COc2cc3c(cc2OC)C(=O)N2c4ccccc4C[C@H]2CN3)cc(NC(=O)[C@H](C)NC(=O)[C@H](C)NC(=O)CCCCC(=O)NCCN2C(=O)C=CC2=O)c1. The average molecular weight is 1100 g/mol. The molecule has 4 aliphatic rings. The Morgan fingerprint density at radius 3 is 1.99 bits per heavy atom. The summed E-state index contributed by atoms with van der Waals surface area (Å²) in [6, 6.07) is 25.1. The van der Waals surface area contributed by atoms with Crippen molar-refractivity contribution in [1.29, 1.82) is 0 Å². The first-order chi connectivity index (χ1) is 39.0. The maximum atomic E-state index is 14.1. The third kappa shape index (κ3) is 12.7. The number of nitrogens with zero attached hydrogens (tertiary/aromatic N) is 3. The van der Waals surface area contributed by atoms with Gasteiger partial charge in [0.2, 0.25) is 23.6 Å². The Labute approximate surface area is 468 Å². The molecular weight excluding hydrogens is 1040 g/mol. The third-order valence-corrected chi connectivity index (χ3v) is 14.6. The number of hydrogen-bond donors (Lipinski definition) is 6. The fourth-order valence-corrected chi connectivity index (χ4v) is 10.4. The first kappa shape index (κ1) is 56.3. The second kappa shape index (κ2) is 24.7. The number of anilines is 5. The summed E-state index contributed by atoms with van der Waals surface area (Å²) in [4.78, 5) is 108. The van der Waals surface area contributed by atoms with Crippen molar-refractivity contribution in [2.45, 2.75) is 96.7 Å². The van der Waals surface area contributed by atoms with Gasteiger partial charge < -0.3 is 61.1 Å². The molecule has 7 N–H and O–H groups in total. The number of imide groups is 1. The highest BCUT2D eigenvalue weighted by Gasteiger charge is 2.38. The van der Waals surface area contributed by atoms with Crippen LogP contribution in [0.2, 0.25) is 0 Å². The molecule has 0 spiro atoms. The number of carbonyl (C=O) groups excluding carboxylic acids is 8.